The van der Waals surface area contributed by atoms with Gasteiger partial charge in [0.25, 0.3) is 0 Å². The number of alkyl halides is 3. The number of halogens is 3. The van der Waals surface area contributed by atoms with Gasteiger partial charge in [-0.1, -0.05) is 6.07 Å². The van der Waals surface area contributed by atoms with E-state index in [1.807, 2.05) is 18.2 Å². The van der Waals surface area contributed by atoms with Gasteiger partial charge in [-0.3, -0.25) is 9.69 Å². The minimum Gasteiger partial charge on any atom is -0.457 e. The van der Waals surface area contributed by atoms with Crippen molar-refractivity contribution >= 4 is 23.4 Å². The number of fused-ring (bicyclic) bond motifs is 1. The van der Waals surface area contributed by atoms with Crippen LogP contribution in [0.2, 0.25) is 0 Å². The van der Waals surface area contributed by atoms with Crippen LogP contribution in [-0.2, 0) is 30.5 Å². The standard InChI is InChI=1S/C31H32F3N5O3/c32-31(33,34)24-13-20(18-38-10-1-2-11-38)14-25(16-24)36-30(41)39-12-8-21-5-6-26(15-23(21)19-39)42-27-7-9-35-28(17-27)37-29(40)22-3-4-22/h5-7,9,13-17,22H,1-4,8,10-12,18-19H2,(H,36,41)(H,35,37,40). The molecule has 0 radical (unpaired) electrons. The number of benzene rings is 2. The van der Waals surface area contributed by atoms with Gasteiger partial charge in [0.1, 0.15) is 17.3 Å². The number of pyridine rings is 1. The lowest BCUT2D eigenvalue weighted by Crippen LogP contribution is -2.39. The Morgan fingerprint density at radius 2 is 1.71 bits per heavy atom. The first-order valence-corrected chi connectivity index (χ1v) is 14.3. The van der Waals surface area contributed by atoms with Gasteiger partial charge in [-0.2, -0.15) is 13.2 Å². The monoisotopic (exact) mass is 579 g/mol. The lowest BCUT2D eigenvalue weighted by atomic mass is 9.99. The molecule has 11 heteroatoms. The number of aromatic nitrogens is 1. The minimum atomic E-state index is -4.51. The maximum atomic E-state index is 13.7. The van der Waals surface area contributed by atoms with Crippen molar-refractivity contribution in [2.45, 2.75) is 51.4 Å². The molecule has 0 bridgehead atoms. The summed E-state index contributed by atoms with van der Waals surface area (Å²) in [6.07, 6.45) is 1.52. The molecule has 8 nitrogen and oxygen atoms in total. The molecule has 2 N–H and O–H groups in total. The van der Waals surface area contributed by atoms with Crippen molar-refractivity contribution in [2.24, 2.45) is 5.92 Å². The quantitative estimate of drug-likeness (QED) is 0.337. The molecule has 0 atom stereocenters. The first kappa shape index (κ1) is 28.0. The maximum absolute atomic E-state index is 13.7. The van der Waals surface area contributed by atoms with E-state index in [1.54, 1.807) is 29.3 Å². The van der Waals surface area contributed by atoms with Crippen molar-refractivity contribution in [3.8, 4) is 11.5 Å². The molecule has 2 aromatic carbocycles. The van der Waals surface area contributed by atoms with Gasteiger partial charge in [-0.25, -0.2) is 9.78 Å². The number of likely N-dealkylation sites (tertiary alicyclic amines) is 1. The van der Waals surface area contributed by atoms with Gasteiger partial charge in [0.05, 0.1) is 5.56 Å². The number of urea groups is 1. The molecule has 3 heterocycles. The van der Waals surface area contributed by atoms with Crippen LogP contribution in [0.4, 0.5) is 29.5 Å². The van der Waals surface area contributed by atoms with E-state index in [-0.39, 0.29) is 24.1 Å². The number of hydrogen-bond acceptors (Lipinski definition) is 5. The number of hydrogen-bond donors (Lipinski definition) is 2. The van der Waals surface area contributed by atoms with Crippen molar-refractivity contribution in [1.82, 2.24) is 14.8 Å². The third kappa shape index (κ3) is 6.84. The van der Waals surface area contributed by atoms with Crippen molar-refractivity contribution in [3.63, 3.8) is 0 Å². The topological polar surface area (TPSA) is 86.8 Å². The van der Waals surface area contributed by atoms with Crippen LogP contribution < -0.4 is 15.4 Å². The summed E-state index contributed by atoms with van der Waals surface area (Å²) in [6.45, 7) is 2.86. The number of amides is 3. The van der Waals surface area contributed by atoms with Crippen molar-refractivity contribution in [2.75, 3.05) is 30.3 Å². The fraction of sp³-hybridized carbons (Fsp3) is 0.387. The average molecular weight is 580 g/mol. The van der Waals surface area contributed by atoms with Gasteiger partial charge >= 0.3 is 12.2 Å². The molecular weight excluding hydrogens is 547 g/mol. The van der Waals surface area contributed by atoms with Crippen molar-refractivity contribution in [1.29, 1.82) is 0 Å². The highest BCUT2D eigenvalue weighted by Crippen LogP contribution is 2.34. The molecule has 2 aliphatic heterocycles. The molecule has 2 fully saturated rings. The number of nitrogens with zero attached hydrogens (tertiary/aromatic N) is 3. The second kappa shape index (κ2) is 11.6. The lowest BCUT2D eigenvalue weighted by Gasteiger charge is -2.29. The Labute approximate surface area is 241 Å². The minimum absolute atomic E-state index is 0.0419. The van der Waals surface area contributed by atoms with Crippen LogP contribution in [0, 0.1) is 5.92 Å². The third-order valence-corrected chi connectivity index (χ3v) is 7.82. The van der Waals surface area contributed by atoms with E-state index in [4.69, 9.17) is 4.74 Å². The van der Waals surface area contributed by atoms with Gasteiger partial charge in [-0.15, -0.1) is 0 Å². The maximum Gasteiger partial charge on any atom is 0.416 e. The molecule has 220 valence electrons. The Hall–Kier alpha value is -4.12. The Morgan fingerprint density at radius 1 is 0.929 bits per heavy atom. The summed E-state index contributed by atoms with van der Waals surface area (Å²) >= 11 is 0. The molecule has 42 heavy (non-hydrogen) atoms. The van der Waals surface area contributed by atoms with Gasteiger partial charge in [0.15, 0.2) is 0 Å². The van der Waals surface area contributed by atoms with Crippen LogP contribution in [0.25, 0.3) is 0 Å². The Bertz CT molecular complexity index is 1480. The first-order chi connectivity index (χ1) is 20.2. The molecule has 3 aliphatic rings. The van der Waals surface area contributed by atoms with Crippen molar-refractivity contribution < 1.29 is 27.5 Å². The normalized spacial score (nSPS) is 17.1. The molecule has 1 saturated carbocycles. The zero-order valence-electron chi connectivity index (χ0n) is 23.0. The average Bonchev–Trinajstić information content (AvgIpc) is 3.69. The van der Waals surface area contributed by atoms with Crippen molar-refractivity contribution in [3.05, 3.63) is 77.0 Å². The highest BCUT2D eigenvalue weighted by atomic mass is 19.4. The fourth-order valence-corrected chi connectivity index (χ4v) is 5.44. The summed E-state index contributed by atoms with van der Waals surface area (Å²) in [4.78, 5) is 33.2. The van der Waals surface area contributed by atoms with E-state index in [0.29, 0.717) is 42.4 Å². The second-order valence-corrected chi connectivity index (χ2v) is 11.2. The Kier molecular flexibility index (Phi) is 7.76. The Morgan fingerprint density at radius 3 is 2.48 bits per heavy atom. The highest BCUT2D eigenvalue weighted by molar-refractivity contribution is 5.93. The third-order valence-electron chi connectivity index (χ3n) is 7.82. The van der Waals surface area contributed by atoms with E-state index in [0.717, 1.165) is 56.0 Å². The summed E-state index contributed by atoms with van der Waals surface area (Å²) in [6, 6.07) is 12.3. The predicted molar refractivity (Wildman–Crippen MR) is 151 cm³/mol. The summed E-state index contributed by atoms with van der Waals surface area (Å²) < 4.78 is 47.0. The van der Waals surface area contributed by atoms with Crippen LogP contribution in [0.1, 0.15) is 47.9 Å². The second-order valence-electron chi connectivity index (χ2n) is 11.2. The smallest absolute Gasteiger partial charge is 0.416 e. The summed E-state index contributed by atoms with van der Waals surface area (Å²) in [7, 11) is 0. The SMILES string of the molecule is O=C(Nc1cc(Oc2ccc3c(c2)CN(C(=O)Nc2cc(CN4CCCC4)cc(C(F)(F)F)c2)CC3)ccn1)C1CC1. The number of anilines is 2. The number of rotatable bonds is 7. The fourth-order valence-electron chi connectivity index (χ4n) is 5.44. The zero-order valence-corrected chi connectivity index (χ0v) is 23.0. The molecule has 1 saturated heterocycles. The summed E-state index contributed by atoms with van der Waals surface area (Å²) in [5, 5.41) is 5.51. The van der Waals surface area contributed by atoms with E-state index >= 15 is 0 Å². The zero-order chi connectivity index (χ0) is 29.3. The molecule has 3 aromatic rings. The van der Waals surface area contributed by atoms with Crippen LogP contribution in [0.5, 0.6) is 11.5 Å². The number of ether oxygens (including phenoxy) is 1. The number of nitrogens with one attached hydrogen (secondary N) is 2. The van der Waals surface area contributed by atoms with E-state index in [9.17, 15) is 22.8 Å². The van der Waals surface area contributed by atoms with Gasteiger partial charge in [0, 0.05) is 43.5 Å². The molecular formula is C31H32F3N5O3. The highest BCUT2D eigenvalue weighted by Gasteiger charge is 2.32. The largest absolute Gasteiger partial charge is 0.457 e. The predicted octanol–water partition coefficient (Wildman–Crippen LogP) is 6.43. The van der Waals surface area contributed by atoms with E-state index in [1.165, 1.54) is 6.07 Å². The molecule has 0 spiro atoms. The summed E-state index contributed by atoms with van der Waals surface area (Å²) in [5.41, 5.74) is 1.86. The van der Waals surface area contributed by atoms with Gasteiger partial charge in [-0.05, 0) is 98.3 Å². The Balaban J connectivity index is 1.13. The molecule has 6 rings (SSSR count). The molecule has 3 amide bonds. The van der Waals surface area contributed by atoms with E-state index in [2.05, 4.69) is 20.5 Å². The van der Waals surface area contributed by atoms with Crippen LogP contribution in [-0.4, -0.2) is 46.4 Å². The summed E-state index contributed by atoms with van der Waals surface area (Å²) in [5.74, 6) is 1.51. The lowest BCUT2D eigenvalue weighted by molar-refractivity contribution is -0.137. The van der Waals surface area contributed by atoms with Gasteiger partial charge in [0.2, 0.25) is 5.91 Å². The van der Waals surface area contributed by atoms with Crippen LogP contribution >= 0.6 is 0 Å². The molecule has 1 aliphatic carbocycles. The van der Waals surface area contributed by atoms with Crippen LogP contribution in [0.15, 0.2) is 54.7 Å². The molecule has 1 aromatic heterocycles. The van der Waals surface area contributed by atoms with Gasteiger partial charge < -0.3 is 20.3 Å². The first-order valence-electron chi connectivity index (χ1n) is 14.3. The van der Waals surface area contributed by atoms with Crippen LogP contribution in [0.3, 0.4) is 0 Å². The van der Waals surface area contributed by atoms with E-state index < -0.39 is 17.8 Å². The number of carbonyl (C=O) groups excluding carboxylic acids is 2. The molecule has 0 unspecified atom stereocenters. The number of carbonyl (C=O) groups is 2.